The Morgan fingerprint density at radius 2 is 1.53 bits per heavy atom. The maximum atomic E-state index is 12.7. The molecule has 0 radical (unpaired) electrons. The largest absolute Gasteiger partial charge is 0.468 e. The van der Waals surface area contributed by atoms with Gasteiger partial charge < -0.3 is 14.8 Å². The molecule has 1 aromatic carbocycles. The second-order valence-electron chi connectivity index (χ2n) is 7.39. The molecular formula is C21H26F3NO5. The lowest BCUT2D eigenvalue weighted by Crippen LogP contribution is -2.44. The van der Waals surface area contributed by atoms with E-state index in [1.54, 1.807) is 0 Å². The molecule has 0 spiro atoms. The van der Waals surface area contributed by atoms with E-state index in [2.05, 4.69) is 5.32 Å². The third-order valence-electron chi connectivity index (χ3n) is 5.47. The summed E-state index contributed by atoms with van der Waals surface area (Å²) in [5.41, 5.74) is -0.782. The highest BCUT2D eigenvalue weighted by molar-refractivity contribution is 5.96. The van der Waals surface area contributed by atoms with Crippen molar-refractivity contribution in [2.45, 2.75) is 50.7 Å². The number of methoxy groups -OCH3 is 2. The van der Waals surface area contributed by atoms with Gasteiger partial charge in [0.2, 0.25) is 0 Å². The smallest absolute Gasteiger partial charge is 0.416 e. The molecule has 0 aliphatic heterocycles. The minimum atomic E-state index is -4.49. The number of benzene rings is 1. The Kier molecular flexibility index (Phi) is 8.25. The quantitative estimate of drug-likeness (QED) is 0.528. The average molecular weight is 429 g/mol. The van der Waals surface area contributed by atoms with Crippen LogP contribution in [0.4, 0.5) is 13.2 Å². The number of hydrogen-bond donors (Lipinski definition) is 1. The summed E-state index contributed by atoms with van der Waals surface area (Å²) in [7, 11) is 2.32. The number of esters is 2. The third-order valence-corrected chi connectivity index (χ3v) is 5.47. The molecule has 1 aliphatic rings. The van der Waals surface area contributed by atoms with Gasteiger partial charge in [0, 0.05) is 11.6 Å². The van der Waals surface area contributed by atoms with Gasteiger partial charge in [0.15, 0.2) is 5.92 Å². The molecular weight excluding hydrogens is 403 g/mol. The highest BCUT2D eigenvalue weighted by atomic mass is 19.4. The fourth-order valence-corrected chi connectivity index (χ4v) is 3.80. The number of carbonyl (C=O) groups excluding carboxylic acids is 3. The third kappa shape index (κ3) is 6.21. The zero-order chi connectivity index (χ0) is 22.3. The molecule has 2 rings (SSSR count). The first-order chi connectivity index (χ1) is 14.2. The summed E-state index contributed by atoms with van der Waals surface area (Å²) >= 11 is 0. The van der Waals surface area contributed by atoms with Crippen molar-refractivity contribution >= 4 is 17.8 Å². The second kappa shape index (κ2) is 10.4. The van der Waals surface area contributed by atoms with Gasteiger partial charge in [-0.1, -0.05) is 19.3 Å². The number of hydrogen-bond acceptors (Lipinski definition) is 5. The lowest BCUT2D eigenvalue weighted by molar-refractivity contribution is -0.159. The first-order valence-corrected chi connectivity index (χ1v) is 9.81. The minimum absolute atomic E-state index is 0.00358. The van der Waals surface area contributed by atoms with Gasteiger partial charge >= 0.3 is 18.1 Å². The van der Waals surface area contributed by atoms with E-state index in [9.17, 15) is 27.6 Å². The number of rotatable bonds is 7. The number of amides is 1. The number of alkyl halides is 3. The molecule has 0 saturated heterocycles. The van der Waals surface area contributed by atoms with Crippen molar-refractivity contribution in [1.82, 2.24) is 5.32 Å². The molecule has 30 heavy (non-hydrogen) atoms. The van der Waals surface area contributed by atoms with E-state index in [-0.39, 0.29) is 17.9 Å². The number of ether oxygens (including phenoxy) is 2. The van der Waals surface area contributed by atoms with Crippen molar-refractivity contribution < 1.29 is 37.0 Å². The summed E-state index contributed by atoms with van der Waals surface area (Å²) in [6.07, 6.45) is 0.106. The van der Waals surface area contributed by atoms with Gasteiger partial charge in [-0.25, -0.2) is 0 Å². The Bertz CT molecular complexity index is 726. The molecule has 0 heterocycles. The topological polar surface area (TPSA) is 81.7 Å². The van der Waals surface area contributed by atoms with Crippen molar-refractivity contribution in [3.8, 4) is 0 Å². The maximum absolute atomic E-state index is 12.7. The van der Waals surface area contributed by atoms with Crippen LogP contribution in [-0.2, 0) is 25.2 Å². The summed E-state index contributed by atoms with van der Waals surface area (Å²) in [4.78, 5) is 36.8. The first kappa shape index (κ1) is 23.7. The van der Waals surface area contributed by atoms with Crippen molar-refractivity contribution in [2.24, 2.45) is 11.8 Å². The van der Waals surface area contributed by atoms with E-state index >= 15 is 0 Å². The zero-order valence-electron chi connectivity index (χ0n) is 17.0. The molecule has 0 unspecified atom stereocenters. The van der Waals surface area contributed by atoms with Crippen LogP contribution >= 0.6 is 0 Å². The van der Waals surface area contributed by atoms with Gasteiger partial charge in [-0.15, -0.1) is 0 Å². The Morgan fingerprint density at radius 1 is 1.00 bits per heavy atom. The lowest BCUT2D eigenvalue weighted by Gasteiger charge is -2.32. The number of nitrogens with one attached hydrogen (secondary N) is 1. The molecule has 0 bridgehead atoms. The van der Waals surface area contributed by atoms with Gasteiger partial charge in [0.05, 0.1) is 19.8 Å². The standard InChI is InChI=1S/C21H26F3NO5/c1-29-19(27)16(20(28)30-2)12-17(13-6-4-3-5-7-13)25-18(26)14-8-10-15(11-9-14)21(22,23)24/h8-11,13,16-17H,3-7,12H2,1-2H3,(H,25,26)/t17-/m1/s1. The van der Waals surface area contributed by atoms with Crippen LogP contribution in [0.3, 0.4) is 0 Å². The van der Waals surface area contributed by atoms with Gasteiger partial charge in [0.1, 0.15) is 0 Å². The van der Waals surface area contributed by atoms with Gasteiger partial charge in [0.25, 0.3) is 5.91 Å². The van der Waals surface area contributed by atoms with Gasteiger partial charge in [-0.2, -0.15) is 13.2 Å². The fraction of sp³-hybridized carbons (Fsp3) is 0.571. The van der Waals surface area contributed by atoms with Crippen LogP contribution in [0.15, 0.2) is 24.3 Å². The molecule has 1 saturated carbocycles. The monoisotopic (exact) mass is 429 g/mol. The van der Waals surface area contributed by atoms with E-state index in [1.807, 2.05) is 0 Å². The van der Waals surface area contributed by atoms with E-state index in [1.165, 1.54) is 0 Å². The maximum Gasteiger partial charge on any atom is 0.416 e. The van der Waals surface area contributed by atoms with E-state index in [4.69, 9.17) is 9.47 Å². The zero-order valence-corrected chi connectivity index (χ0v) is 17.0. The van der Waals surface area contributed by atoms with Crippen molar-refractivity contribution in [3.63, 3.8) is 0 Å². The SMILES string of the molecule is COC(=O)C(C[C@@H](NC(=O)c1ccc(C(F)(F)F)cc1)C1CCCCC1)C(=O)OC. The van der Waals surface area contributed by atoms with Crippen LogP contribution in [0.5, 0.6) is 0 Å². The first-order valence-electron chi connectivity index (χ1n) is 9.81. The minimum Gasteiger partial charge on any atom is -0.468 e. The summed E-state index contributed by atoms with van der Waals surface area (Å²) in [6, 6.07) is 3.37. The van der Waals surface area contributed by atoms with Crippen molar-refractivity contribution in [3.05, 3.63) is 35.4 Å². The van der Waals surface area contributed by atoms with E-state index < -0.39 is 41.5 Å². The van der Waals surface area contributed by atoms with Gasteiger partial charge in [-0.05, 0) is 49.4 Å². The summed E-state index contributed by atoms with van der Waals surface area (Å²) in [5, 5.41) is 2.81. The molecule has 0 aromatic heterocycles. The van der Waals surface area contributed by atoms with Crippen molar-refractivity contribution in [2.75, 3.05) is 14.2 Å². The number of halogens is 3. The molecule has 9 heteroatoms. The highest BCUT2D eigenvalue weighted by Crippen LogP contribution is 2.31. The predicted octanol–water partition coefficient (Wildman–Crippen LogP) is 3.74. The summed E-state index contributed by atoms with van der Waals surface area (Å²) in [6.45, 7) is 0. The normalized spacial score (nSPS) is 16.1. The molecule has 6 nitrogen and oxygen atoms in total. The van der Waals surface area contributed by atoms with Crippen LogP contribution < -0.4 is 5.32 Å². The summed E-state index contributed by atoms with van der Waals surface area (Å²) < 4.78 is 47.6. The van der Waals surface area contributed by atoms with Gasteiger partial charge in [-0.3, -0.25) is 14.4 Å². The number of carbonyl (C=O) groups is 3. The lowest BCUT2D eigenvalue weighted by atomic mass is 9.80. The molecule has 1 atom stereocenters. The van der Waals surface area contributed by atoms with Crippen LogP contribution in [0.2, 0.25) is 0 Å². The Balaban J connectivity index is 2.20. The second-order valence-corrected chi connectivity index (χ2v) is 7.39. The molecule has 1 amide bonds. The average Bonchev–Trinajstić information content (AvgIpc) is 2.75. The predicted molar refractivity (Wildman–Crippen MR) is 101 cm³/mol. The molecule has 1 aromatic rings. The van der Waals surface area contributed by atoms with Crippen LogP contribution in [0.25, 0.3) is 0 Å². The van der Waals surface area contributed by atoms with Crippen LogP contribution in [0, 0.1) is 11.8 Å². The Labute approximate surface area is 173 Å². The fourth-order valence-electron chi connectivity index (χ4n) is 3.80. The van der Waals surface area contributed by atoms with Crippen LogP contribution in [0.1, 0.15) is 54.4 Å². The molecule has 166 valence electrons. The van der Waals surface area contributed by atoms with Crippen molar-refractivity contribution in [1.29, 1.82) is 0 Å². The van der Waals surface area contributed by atoms with E-state index in [0.29, 0.717) is 0 Å². The Hall–Kier alpha value is -2.58. The van der Waals surface area contributed by atoms with Crippen LogP contribution in [-0.4, -0.2) is 38.1 Å². The molecule has 1 fully saturated rings. The summed E-state index contributed by atoms with van der Waals surface area (Å²) in [5.74, 6) is -3.24. The Morgan fingerprint density at radius 3 is 2.00 bits per heavy atom. The molecule has 1 aliphatic carbocycles. The van der Waals surface area contributed by atoms with E-state index in [0.717, 1.165) is 70.6 Å². The molecule has 1 N–H and O–H groups in total. The highest BCUT2D eigenvalue weighted by Gasteiger charge is 2.36.